The van der Waals surface area contributed by atoms with Gasteiger partial charge in [0.1, 0.15) is 12.4 Å². The second-order valence-electron chi connectivity index (χ2n) is 6.52. The quantitative estimate of drug-likeness (QED) is 0.518. The van der Waals surface area contributed by atoms with Gasteiger partial charge in [-0.05, 0) is 43.2 Å². The summed E-state index contributed by atoms with van der Waals surface area (Å²) < 4.78 is 5.71. The first kappa shape index (κ1) is 19.9. The molecule has 1 heterocycles. The van der Waals surface area contributed by atoms with Crippen LogP contribution in [0.2, 0.25) is 0 Å². The molecule has 2 aromatic carbocycles. The van der Waals surface area contributed by atoms with Crippen LogP contribution in [0.3, 0.4) is 0 Å². The molecule has 0 radical (unpaired) electrons. The van der Waals surface area contributed by atoms with E-state index >= 15 is 0 Å². The summed E-state index contributed by atoms with van der Waals surface area (Å²) in [7, 11) is 2.09. The van der Waals surface area contributed by atoms with Gasteiger partial charge in [0.15, 0.2) is 0 Å². The van der Waals surface area contributed by atoms with E-state index in [1.54, 1.807) is 17.6 Å². The first-order chi connectivity index (χ1) is 13.7. The summed E-state index contributed by atoms with van der Waals surface area (Å²) in [5.74, 6) is 0.598. The molecule has 0 saturated carbocycles. The number of hydrogen-bond acceptors (Lipinski definition) is 5. The number of nitrogens with zero attached hydrogens (tertiary/aromatic N) is 2. The minimum atomic E-state index is -0.0736. The van der Waals surface area contributed by atoms with Crippen molar-refractivity contribution in [2.24, 2.45) is 0 Å². The molecule has 146 valence electrons. The number of ether oxygens (including phenoxy) is 1. The molecule has 0 aliphatic heterocycles. The predicted molar refractivity (Wildman–Crippen MR) is 114 cm³/mol. The standard InChI is InChI=1S/C22H25N3O2S/c1-25(20-9-3-2-4-10-20)13-6-5-12-23-22(26)18-8-7-11-21(14-18)27-15-19-16-28-17-24-19/h2-4,7-11,14,16-17H,5-6,12-13,15H2,1H3,(H,23,26). The number of carbonyl (C=O) groups is 1. The summed E-state index contributed by atoms with van der Waals surface area (Å²) in [6, 6.07) is 17.6. The lowest BCUT2D eigenvalue weighted by Crippen LogP contribution is -2.25. The average molecular weight is 396 g/mol. The largest absolute Gasteiger partial charge is 0.487 e. The zero-order valence-corrected chi connectivity index (χ0v) is 16.8. The molecular weight excluding hydrogens is 370 g/mol. The van der Waals surface area contributed by atoms with E-state index in [4.69, 9.17) is 4.74 Å². The van der Waals surface area contributed by atoms with Gasteiger partial charge in [-0.25, -0.2) is 4.98 Å². The van der Waals surface area contributed by atoms with Gasteiger partial charge >= 0.3 is 0 Å². The third-order valence-electron chi connectivity index (χ3n) is 4.37. The maximum absolute atomic E-state index is 12.4. The molecule has 0 atom stereocenters. The van der Waals surface area contributed by atoms with E-state index in [1.807, 2.05) is 35.7 Å². The second-order valence-corrected chi connectivity index (χ2v) is 7.24. The minimum absolute atomic E-state index is 0.0736. The molecule has 3 aromatic rings. The molecule has 1 amide bonds. The van der Waals surface area contributed by atoms with Gasteiger partial charge < -0.3 is 15.0 Å². The summed E-state index contributed by atoms with van der Waals surface area (Å²) in [5, 5.41) is 4.94. The number of amides is 1. The Bertz CT molecular complexity index is 853. The molecule has 5 nitrogen and oxygen atoms in total. The minimum Gasteiger partial charge on any atom is -0.487 e. The lowest BCUT2D eigenvalue weighted by Gasteiger charge is -2.19. The lowest BCUT2D eigenvalue weighted by molar-refractivity contribution is 0.0952. The molecule has 0 bridgehead atoms. The number of thiazole rings is 1. The Hall–Kier alpha value is -2.86. The van der Waals surface area contributed by atoms with Gasteiger partial charge in [0.05, 0.1) is 11.2 Å². The lowest BCUT2D eigenvalue weighted by atomic mass is 10.2. The first-order valence-electron chi connectivity index (χ1n) is 9.37. The van der Waals surface area contributed by atoms with Crippen molar-refractivity contribution in [3.05, 3.63) is 76.7 Å². The van der Waals surface area contributed by atoms with Gasteiger partial charge in [-0.1, -0.05) is 24.3 Å². The number of hydrogen-bond donors (Lipinski definition) is 1. The molecule has 0 spiro atoms. The number of aromatic nitrogens is 1. The van der Waals surface area contributed by atoms with E-state index in [-0.39, 0.29) is 5.91 Å². The Balaban J connectivity index is 1.38. The van der Waals surface area contributed by atoms with Crippen molar-refractivity contribution < 1.29 is 9.53 Å². The number of anilines is 1. The number of benzene rings is 2. The van der Waals surface area contributed by atoms with Crippen molar-refractivity contribution in [3.8, 4) is 5.75 Å². The van der Waals surface area contributed by atoms with Gasteiger partial charge in [0.25, 0.3) is 5.91 Å². The van der Waals surface area contributed by atoms with Crippen molar-refractivity contribution >= 4 is 22.9 Å². The first-order valence-corrected chi connectivity index (χ1v) is 10.3. The van der Waals surface area contributed by atoms with Crippen molar-refractivity contribution in [1.82, 2.24) is 10.3 Å². The smallest absolute Gasteiger partial charge is 0.251 e. The van der Waals surface area contributed by atoms with Crippen molar-refractivity contribution in [1.29, 1.82) is 0 Å². The van der Waals surface area contributed by atoms with E-state index < -0.39 is 0 Å². The molecule has 0 aliphatic rings. The van der Waals surface area contributed by atoms with E-state index in [9.17, 15) is 4.79 Å². The van der Waals surface area contributed by atoms with Crippen LogP contribution in [0, 0.1) is 0 Å². The third kappa shape index (κ3) is 6.09. The van der Waals surface area contributed by atoms with Gasteiger partial charge in [-0.2, -0.15) is 0 Å². The highest BCUT2D eigenvalue weighted by Gasteiger charge is 2.07. The zero-order chi connectivity index (χ0) is 19.6. The summed E-state index contributed by atoms with van der Waals surface area (Å²) in [5.41, 5.74) is 4.48. The van der Waals surface area contributed by atoms with Gasteiger partial charge in [0.2, 0.25) is 0 Å². The van der Waals surface area contributed by atoms with Crippen LogP contribution in [0.1, 0.15) is 28.9 Å². The molecule has 6 heteroatoms. The van der Waals surface area contributed by atoms with Crippen LogP contribution in [0.5, 0.6) is 5.75 Å². The normalized spacial score (nSPS) is 10.5. The van der Waals surface area contributed by atoms with Crippen molar-refractivity contribution in [3.63, 3.8) is 0 Å². The molecule has 0 saturated heterocycles. The third-order valence-corrected chi connectivity index (χ3v) is 5.00. The van der Waals surface area contributed by atoms with Crippen LogP contribution < -0.4 is 15.0 Å². The number of para-hydroxylation sites is 1. The fourth-order valence-corrected chi connectivity index (χ4v) is 3.33. The van der Waals surface area contributed by atoms with Crippen LogP contribution in [0.15, 0.2) is 65.5 Å². The summed E-state index contributed by atoms with van der Waals surface area (Å²) in [6.07, 6.45) is 1.95. The summed E-state index contributed by atoms with van der Waals surface area (Å²) in [4.78, 5) is 18.8. The number of carbonyl (C=O) groups excluding carboxylic acids is 1. The summed E-state index contributed by atoms with van der Waals surface area (Å²) >= 11 is 1.54. The van der Waals surface area contributed by atoms with Crippen LogP contribution in [0.4, 0.5) is 5.69 Å². The number of rotatable bonds is 10. The SMILES string of the molecule is CN(CCCCNC(=O)c1cccc(OCc2cscn2)c1)c1ccccc1. The molecule has 1 N–H and O–H groups in total. The van der Waals surface area contributed by atoms with Crippen molar-refractivity contribution in [2.45, 2.75) is 19.4 Å². The fourth-order valence-electron chi connectivity index (χ4n) is 2.78. The molecule has 1 aromatic heterocycles. The monoisotopic (exact) mass is 395 g/mol. The molecule has 28 heavy (non-hydrogen) atoms. The highest BCUT2D eigenvalue weighted by molar-refractivity contribution is 7.07. The van der Waals surface area contributed by atoms with Crippen LogP contribution in [-0.4, -0.2) is 31.0 Å². The molecule has 3 rings (SSSR count). The fraction of sp³-hybridized carbons (Fsp3) is 0.273. The Morgan fingerprint density at radius 2 is 2.00 bits per heavy atom. The Morgan fingerprint density at radius 1 is 1.14 bits per heavy atom. The second kappa shape index (κ2) is 10.5. The zero-order valence-electron chi connectivity index (χ0n) is 16.0. The summed E-state index contributed by atoms with van der Waals surface area (Å²) in [6.45, 7) is 2.02. The molecule has 0 fully saturated rings. The Kier molecular flexibility index (Phi) is 7.44. The van der Waals surface area contributed by atoms with Crippen LogP contribution in [-0.2, 0) is 6.61 Å². The topological polar surface area (TPSA) is 54.5 Å². The molecule has 0 aliphatic carbocycles. The van der Waals surface area contributed by atoms with Gasteiger partial charge in [-0.3, -0.25) is 4.79 Å². The molecular formula is C22H25N3O2S. The van der Waals surface area contributed by atoms with Gasteiger partial charge in [-0.15, -0.1) is 11.3 Å². The van der Waals surface area contributed by atoms with E-state index in [1.165, 1.54) is 17.0 Å². The van der Waals surface area contributed by atoms with E-state index in [2.05, 4.69) is 34.4 Å². The predicted octanol–water partition coefficient (Wildman–Crippen LogP) is 4.37. The van der Waals surface area contributed by atoms with E-state index in [0.29, 0.717) is 24.5 Å². The Labute approximate surface area is 170 Å². The maximum Gasteiger partial charge on any atom is 0.251 e. The van der Waals surface area contributed by atoms with Crippen LogP contribution >= 0.6 is 11.3 Å². The Morgan fingerprint density at radius 3 is 2.79 bits per heavy atom. The number of nitrogens with one attached hydrogen (secondary N) is 1. The average Bonchev–Trinajstić information content (AvgIpc) is 3.26. The van der Waals surface area contributed by atoms with E-state index in [0.717, 1.165) is 25.1 Å². The highest BCUT2D eigenvalue weighted by Crippen LogP contribution is 2.15. The van der Waals surface area contributed by atoms with Gasteiger partial charge in [0, 0.05) is 36.8 Å². The number of unbranched alkanes of at least 4 members (excludes halogenated alkanes) is 1. The molecule has 0 unspecified atom stereocenters. The highest BCUT2D eigenvalue weighted by atomic mass is 32.1. The maximum atomic E-state index is 12.4. The van der Waals surface area contributed by atoms with Crippen LogP contribution in [0.25, 0.3) is 0 Å². The van der Waals surface area contributed by atoms with Crippen molar-refractivity contribution in [2.75, 3.05) is 25.0 Å².